The molecule has 5 rings (SSSR count). The molecule has 0 saturated heterocycles. The Morgan fingerprint density at radius 2 is 1.75 bits per heavy atom. The lowest BCUT2D eigenvalue weighted by Crippen LogP contribution is -3.00. The number of nitrogens with one attached hydrogen (secondary N) is 1. The summed E-state index contributed by atoms with van der Waals surface area (Å²) in [7, 11) is 4.88. The minimum atomic E-state index is -0.533. The van der Waals surface area contributed by atoms with Crippen molar-refractivity contribution in [1.29, 1.82) is 0 Å². The minimum Gasteiger partial charge on any atom is -1.00 e. The number of ketones is 1. The molecular weight excluding hydrogens is 514 g/mol. The van der Waals surface area contributed by atoms with Gasteiger partial charge in [0.05, 0.1) is 19.1 Å². The maximum Gasteiger partial charge on any atom is 0.402 e. The lowest BCUT2D eigenvalue weighted by molar-refractivity contribution is -0.610. The topological polar surface area (TPSA) is 84.6 Å². The number of hydrogen-bond acceptors (Lipinski definition) is 7. The van der Waals surface area contributed by atoms with Gasteiger partial charge in [0.15, 0.2) is 16.5 Å². The van der Waals surface area contributed by atoms with Crippen LogP contribution in [0, 0.1) is 6.92 Å². The Labute approximate surface area is 224 Å². The number of H-pyrrole nitrogens is 1. The van der Waals surface area contributed by atoms with Crippen molar-refractivity contribution in [3.8, 4) is 11.7 Å². The number of ether oxygens (including phenoxy) is 1. The van der Waals surface area contributed by atoms with Gasteiger partial charge in [0.25, 0.3) is 0 Å². The molecule has 36 heavy (non-hydrogen) atoms. The van der Waals surface area contributed by atoms with Crippen molar-refractivity contribution < 1.29 is 26.5 Å². The number of nitrogens with zero attached hydrogens (tertiary/aromatic N) is 4. The summed E-state index contributed by atoms with van der Waals surface area (Å²) >= 11 is 0. The summed E-state index contributed by atoms with van der Waals surface area (Å²) in [6, 6.07) is 7.94. The SMILES string of the molecule is COc1cc[n+](-c2nc3cc4c(cc3[nH]2)C(C)(C)C(=O)C4(C)C)c(CSSc2ncccn2)c1C.[Cl-]. The average Bonchev–Trinajstić information content (AvgIpc) is 3.31. The van der Waals surface area contributed by atoms with E-state index in [2.05, 4.69) is 38.6 Å². The smallest absolute Gasteiger partial charge is 0.402 e. The fourth-order valence-electron chi connectivity index (χ4n) is 4.96. The van der Waals surface area contributed by atoms with E-state index in [1.807, 2.05) is 46.0 Å². The number of Topliss-reactive ketones (excluding diaryl/α,β-unsaturated/α-hetero) is 1. The van der Waals surface area contributed by atoms with E-state index in [1.165, 1.54) is 10.8 Å². The molecule has 0 bridgehead atoms. The van der Waals surface area contributed by atoms with Gasteiger partial charge in [-0.3, -0.25) is 4.79 Å². The van der Waals surface area contributed by atoms with Crippen molar-refractivity contribution in [2.24, 2.45) is 0 Å². The number of rotatable bonds is 6. The highest BCUT2D eigenvalue weighted by Crippen LogP contribution is 2.47. The standard InChI is InChI=1S/C26H28N5O2S2.ClH/c1-15-20(14-34-35-24-27-9-7-10-28-24)31(11-8-21(15)33-6)23-29-18-12-16-17(13-19(18)30-23)26(4,5)22(32)25(16,2)3;/h7-13H,14H2,1-6H3,(H,29,30);1H/q+1;/p-1. The third-order valence-electron chi connectivity index (χ3n) is 6.88. The molecule has 0 amide bonds. The number of hydrogen-bond donors (Lipinski definition) is 1. The van der Waals surface area contributed by atoms with Gasteiger partial charge in [0.1, 0.15) is 17.0 Å². The number of imidazole rings is 1. The van der Waals surface area contributed by atoms with Crippen LogP contribution in [0.2, 0.25) is 0 Å². The molecule has 4 aromatic rings. The number of aromatic nitrogens is 5. The number of methoxy groups -OCH3 is 1. The highest BCUT2D eigenvalue weighted by atomic mass is 35.5. The van der Waals surface area contributed by atoms with Gasteiger partial charge < -0.3 is 17.1 Å². The number of halogens is 1. The van der Waals surface area contributed by atoms with Crippen LogP contribution in [0.5, 0.6) is 5.75 Å². The largest absolute Gasteiger partial charge is 1.00 e. The van der Waals surface area contributed by atoms with Crippen molar-refractivity contribution >= 4 is 38.4 Å². The van der Waals surface area contributed by atoms with Gasteiger partial charge >= 0.3 is 5.95 Å². The first-order valence-electron chi connectivity index (χ1n) is 11.4. The first kappa shape index (κ1) is 26.4. The van der Waals surface area contributed by atoms with Gasteiger partial charge in [-0.2, -0.15) is 0 Å². The first-order valence-corrected chi connectivity index (χ1v) is 13.7. The highest BCUT2D eigenvalue weighted by molar-refractivity contribution is 8.76. The molecule has 0 radical (unpaired) electrons. The predicted octanol–water partition coefficient (Wildman–Crippen LogP) is 2.03. The van der Waals surface area contributed by atoms with Crippen LogP contribution in [0.25, 0.3) is 17.0 Å². The zero-order valence-electron chi connectivity index (χ0n) is 21.0. The van der Waals surface area contributed by atoms with Gasteiger partial charge in [-0.05, 0) is 74.7 Å². The lowest BCUT2D eigenvalue weighted by Gasteiger charge is -2.21. The Balaban J connectivity index is 0.00000304. The highest BCUT2D eigenvalue weighted by Gasteiger charge is 2.50. The van der Waals surface area contributed by atoms with E-state index in [4.69, 9.17) is 9.72 Å². The van der Waals surface area contributed by atoms with E-state index in [-0.39, 0.29) is 18.2 Å². The number of carbonyl (C=O) groups is 1. The average molecular weight is 542 g/mol. The molecule has 0 spiro atoms. The molecule has 3 aromatic heterocycles. The minimum absolute atomic E-state index is 0. The van der Waals surface area contributed by atoms with Crippen molar-refractivity contribution in [2.75, 3.05) is 7.11 Å². The summed E-state index contributed by atoms with van der Waals surface area (Å²) in [5, 5.41) is 0.725. The third-order valence-corrected chi connectivity index (χ3v) is 8.90. The molecule has 0 aliphatic heterocycles. The number of carbonyl (C=O) groups excluding carboxylic acids is 1. The molecule has 0 fully saturated rings. The van der Waals surface area contributed by atoms with E-state index in [1.54, 1.807) is 30.3 Å². The maximum absolute atomic E-state index is 13.1. The normalized spacial score (nSPS) is 15.6. The molecule has 1 aromatic carbocycles. The van der Waals surface area contributed by atoms with Crippen molar-refractivity contribution in [2.45, 2.75) is 56.4 Å². The second-order valence-electron chi connectivity index (χ2n) is 9.76. The molecule has 0 unspecified atom stereocenters. The molecule has 1 aliphatic carbocycles. The van der Waals surface area contributed by atoms with Crippen molar-refractivity contribution in [3.63, 3.8) is 0 Å². The van der Waals surface area contributed by atoms with Crippen molar-refractivity contribution in [3.05, 3.63) is 65.2 Å². The van der Waals surface area contributed by atoms with Crippen LogP contribution in [0.3, 0.4) is 0 Å². The lowest BCUT2D eigenvalue weighted by atomic mass is 9.80. The first-order chi connectivity index (χ1) is 16.6. The molecule has 10 heteroatoms. The van der Waals surface area contributed by atoms with Gasteiger partial charge in [0.2, 0.25) is 0 Å². The van der Waals surface area contributed by atoms with E-state index in [0.717, 1.165) is 50.3 Å². The Morgan fingerprint density at radius 1 is 1.08 bits per heavy atom. The second kappa shape index (κ2) is 9.68. The molecule has 188 valence electrons. The van der Waals surface area contributed by atoms with E-state index in [0.29, 0.717) is 5.75 Å². The van der Waals surface area contributed by atoms with Gasteiger partial charge in [-0.1, -0.05) is 15.8 Å². The predicted molar refractivity (Wildman–Crippen MR) is 139 cm³/mol. The Hall–Kier alpha value is -2.62. The van der Waals surface area contributed by atoms with Crippen LogP contribution in [0.15, 0.2) is 48.0 Å². The molecular formula is C26H28ClN5O2S2. The summed E-state index contributed by atoms with van der Waals surface area (Å²) in [6.45, 7) is 10.1. The van der Waals surface area contributed by atoms with Gasteiger partial charge in [0, 0.05) is 34.9 Å². The summed E-state index contributed by atoms with van der Waals surface area (Å²) in [5.74, 6) is 2.50. The summed E-state index contributed by atoms with van der Waals surface area (Å²) in [5.41, 5.74) is 4.96. The number of fused-ring (bicyclic) bond motifs is 2. The number of benzene rings is 1. The molecule has 0 saturated carbocycles. The fraction of sp³-hybridized carbons (Fsp3) is 0.346. The monoisotopic (exact) mass is 541 g/mol. The fourth-order valence-corrected chi connectivity index (χ4v) is 6.89. The number of pyridine rings is 1. The Bertz CT molecular complexity index is 1400. The van der Waals surface area contributed by atoms with Crippen LogP contribution in [-0.4, -0.2) is 32.8 Å². The van der Waals surface area contributed by atoms with E-state index >= 15 is 0 Å². The Morgan fingerprint density at radius 3 is 2.42 bits per heavy atom. The van der Waals surface area contributed by atoms with Gasteiger partial charge in [-0.25, -0.2) is 19.5 Å². The summed E-state index contributed by atoms with van der Waals surface area (Å²) in [6.07, 6.45) is 5.47. The van der Waals surface area contributed by atoms with E-state index in [9.17, 15) is 4.79 Å². The van der Waals surface area contributed by atoms with Crippen LogP contribution in [-0.2, 0) is 21.4 Å². The summed E-state index contributed by atoms with van der Waals surface area (Å²) in [4.78, 5) is 30.1. The zero-order valence-corrected chi connectivity index (χ0v) is 23.4. The van der Waals surface area contributed by atoms with Crippen LogP contribution in [0.1, 0.15) is 50.1 Å². The number of aromatic amines is 1. The summed E-state index contributed by atoms with van der Waals surface area (Å²) < 4.78 is 7.67. The zero-order chi connectivity index (χ0) is 25.0. The van der Waals surface area contributed by atoms with Gasteiger partial charge in [-0.15, -0.1) is 0 Å². The third kappa shape index (κ3) is 4.27. The molecule has 7 nitrogen and oxygen atoms in total. The van der Waals surface area contributed by atoms with Crippen LogP contribution < -0.4 is 21.7 Å². The van der Waals surface area contributed by atoms with Crippen LogP contribution in [0.4, 0.5) is 0 Å². The molecule has 3 heterocycles. The van der Waals surface area contributed by atoms with E-state index < -0.39 is 10.8 Å². The van der Waals surface area contributed by atoms with Crippen LogP contribution >= 0.6 is 21.6 Å². The maximum atomic E-state index is 13.1. The Kier molecular flexibility index (Phi) is 7.11. The molecule has 1 aliphatic rings. The van der Waals surface area contributed by atoms with Crippen molar-refractivity contribution in [1.82, 2.24) is 19.9 Å². The molecule has 0 atom stereocenters. The quantitative estimate of drug-likeness (QED) is 0.227. The second-order valence-corrected chi connectivity index (χ2v) is 12.0. The molecule has 1 N–H and O–H groups in total.